The van der Waals surface area contributed by atoms with E-state index in [1.807, 2.05) is 16.7 Å². The fourth-order valence-electron chi connectivity index (χ4n) is 5.40. The highest BCUT2D eigenvalue weighted by Gasteiger charge is 2.26. The number of piperidine rings is 1. The molecule has 180 valence electrons. The summed E-state index contributed by atoms with van der Waals surface area (Å²) in [5.74, 6) is 1.71. The molecule has 0 saturated carbocycles. The molecule has 0 spiro atoms. The summed E-state index contributed by atoms with van der Waals surface area (Å²) >= 11 is 0. The number of rotatable bonds is 6. The normalized spacial score (nSPS) is 23.7. The standard InChI is InChI=1S/C27H34N4O3/c1-19(15-24-25(16-28)34-14-13-33-24)17-29-22-8-10-30(11-9-22)18-21-7-12-31-26(32)6-5-20-3-2-4-23(21)27(20)31/h2-6,15-16,21-22,29H,1,7-14,17-18,28H2/b24-15+,25-16+. The van der Waals surface area contributed by atoms with Crippen molar-refractivity contribution < 1.29 is 9.47 Å². The van der Waals surface area contributed by atoms with Crippen LogP contribution in [0.5, 0.6) is 0 Å². The van der Waals surface area contributed by atoms with Crippen LogP contribution in [-0.2, 0) is 16.0 Å². The largest absolute Gasteiger partial charge is 0.486 e. The van der Waals surface area contributed by atoms with Crippen molar-refractivity contribution in [2.75, 3.05) is 39.4 Å². The number of para-hydroxylation sites is 1. The average Bonchev–Trinajstić information content (AvgIpc) is 2.87. The lowest BCUT2D eigenvalue weighted by molar-refractivity contribution is 0.0591. The molecule has 3 aliphatic heterocycles. The zero-order chi connectivity index (χ0) is 23.5. The number of nitrogens with two attached hydrogens (primary N) is 1. The van der Waals surface area contributed by atoms with Crippen LogP contribution in [0.1, 0.15) is 30.7 Å². The van der Waals surface area contributed by atoms with Crippen molar-refractivity contribution >= 4 is 10.9 Å². The first-order valence-corrected chi connectivity index (χ1v) is 12.3. The van der Waals surface area contributed by atoms with Gasteiger partial charge in [-0.1, -0.05) is 24.8 Å². The lowest BCUT2D eigenvalue weighted by Gasteiger charge is -2.36. The van der Waals surface area contributed by atoms with Gasteiger partial charge in [0.1, 0.15) is 13.2 Å². The lowest BCUT2D eigenvalue weighted by Crippen LogP contribution is -2.44. The van der Waals surface area contributed by atoms with Gasteiger partial charge in [-0.25, -0.2) is 0 Å². The summed E-state index contributed by atoms with van der Waals surface area (Å²) in [5, 5.41) is 4.81. The molecule has 1 aromatic heterocycles. The number of nitrogens with one attached hydrogen (secondary N) is 1. The smallest absolute Gasteiger partial charge is 0.251 e. The van der Waals surface area contributed by atoms with Crippen LogP contribution in [0.3, 0.4) is 0 Å². The van der Waals surface area contributed by atoms with Gasteiger partial charge in [-0.3, -0.25) is 4.79 Å². The molecule has 1 atom stereocenters. The minimum absolute atomic E-state index is 0.111. The van der Waals surface area contributed by atoms with Gasteiger partial charge in [-0.2, -0.15) is 0 Å². The summed E-state index contributed by atoms with van der Waals surface area (Å²) in [6, 6.07) is 10.6. The molecule has 3 N–H and O–H groups in total. The van der Waals surface area contributed by atoms with Gasteiger partial charge in [0.2, 0.25) is 0 Å². The number of hydrogen-bond acceptors (Lipinski definition) is 6. The highest BCUT2D eigenvalue weighted by atomic mass is 16.6. The molecule has 0 aliphatic carbocycles. The van der Waals surface area contributed by atoms with E-state index in [-0.39, 0.29) is 5.56 Å². The van der Waals surface area contributed by atoms with Crippen molar-refractivity contribution in [3.05, 3.63) is 82.2 Å². The molecule has 0 radical (unpaired) electrons. The molecule has 1 unspecified atom stereocenters. The molecular formula is C27H34N4O3. The Kier molecular flexibility index (Phi) is 6.74. The summed E-state index contributed by atoms with van der Waals surface area (Å²) < 4.78 is 13.1. The van der Waals surface area contributed by atoms with Gasteiger partial charge in [0.15, 0.2) is 11.5 Å². The van der Waals surface area contributed by atoms with Gasteiger partial charge < -0.3 is 30.0 Å². The van der Waals surface area contributed by atoms with E-state index < -0.39 is 0 Å². The topological polar surface area (TPSA) is 81.8 Å². The van der Waals surface area contributed by atoms with Gasteiger partial charge in [-0.15, -0.1) is 0 Å². The number of hydrogen-bond donors (Lipinski definition) is 2. The molecule has 2 fully saturated rings. The van der Waals surface area contributed by atoms with E-state index in [0.29, 0.717) is 43.2 Å². The molecule has 3 aliphatic rings. The van der Waals surface area contributed by atoms with Crippen molar-refractivity contribution in [3.63, 3.8) is 0 Å². The fourth-order valence-corrected chi connectivity index (χ4v) is 5.40. The first kappa shape index (κ1) is 22.7. The Hall–Kier alpha value is -3.03. The predicted molar refractivity (Wildman–Crippen MR) is 134 cm³/mol. The van der Waals surface area contributed by atoms with Crippen molar-refractivity contribution in [2.24, 2.45) is 5.73 Å². The van der Waals surface area contributed by atoms with Crippen LogP contribution in [0.15, 0.2) is 71.1 Å². The number of likely N-dealkylation sites (tertiary alicyclic amines) is 1. The maximum absolute atomic E-state index is 12.4. The molecular weight excluding hydrogens is 428 g/mol. The Morgan fingerprint density at radius 2 is 1.88 bits per heavy atom. The van der Waals surface area contributed by atoms with Crippen LogP contribution in [0, 0.1) is 0 Å². The van der Waals surface area contributed by atoms with Gasteiger partial charge >= 0.3 is 0 Å². The summed E-state index contributed by atoms with van der Waals surface area (Å²) in [5.41, 5.74) is 9.14. The third-order valence-electron chi connectivity index (χ3n) is 7.19. The molecule has 7 nitrogen and oxygen atoms in total. The van der Waals surface area contributed by atoms with Gasteiger partial charge in [-0.05, 0) is 61.0 Å². The van der Waals surface area contributed by atoms with Crippen molar-refractivity contribution in [1.29, 1.82) is 0 Å². The Balaban J connectivity index is 1.14. The Morgan fingerprint density at radius 1 is 1.09 bits per heavy atom. The van der Waals surface area contributed by atoms with E-state index in [1.54, 1.807) is 6.07 Å². The van der Waals surface area contributed by atoms with Crippen LogP contribution in [-0.4, -0.2) is 54.9 Å². The summed E-state index contributed by atoms with van der Waals surface area (Å²) in [4.78, 5) is 14.9. The fraction of sp³-hybridized carbons (Fsp3) is 0.444. The third-order valence-corrected chi connectivity index (χ3v) is 7.19. The van der Waals surface area contributed by atoms with Crippen LogP contribution in [0.2, 0.25) is 0 Å². The lowest BCUT2D eigenvalue weighted by atomic mass is 9.89. The summed E-state index contributed by atoms with van der Waals surface area (Å²) in [7, 11) is 0. The minimum Gasteiger partial charge on any atom is -0.486 e. The van der Waals surface area contributed by atoms with Crippen LogP contribution in [0.4, 0.5) is 0 Å². The van der Waals surface area contributed by atoms with Gasteiger partial charge in [0, 0.05) is 43.9 Å². The highest BCUT2D eigenvalue weighted by molar-refractivity contribution is 5.83. The van der Waals surface area contributed by atoms with Crippen LogP contribution >= 0.6 is 0 Å². The third kappa shape index (κ3) is 4.76. The molecule has 4 heterocycles. The van der Waals surface area contributed by atoms with E-state index in [1.165, 1.54) is 17.1 Å². The van der Waals surface area contributed by atoms with E-state index >= 15 is 0 Å². The Bertz CT molecular complexity index is 1170. The second-order valence-electron chi connectivity index (χ2n) is 9.44. The predicted octanol–water partition coefficient (Wildman–Crippen LogP) is 2.83. The molecule has 0 amide bonds. The second-order valence-corrected chi connectivity index (χ2v) is 9.44. The molecule has 0 bridgehead atoms. The average molecular weight is 463 g/mol. The minimum atomic E-state index is 0.111. The van der Waals surface area contributed by atoms with Gasteiger partial charge in [0.25, 0.3) is 5.56 Å². The second kappa shape index (κ2) is 10.1. The van der Waals surface area contributed by atoms with E-state index in [2.05, 4.69) is 35.0 Å². The number of ether oxygens (including phenoxy) is 2. The maximum atomic E-state index is 12.4. The van der Waals surface area contributed by atoms with Crippen LogP contribution in [0.25, 0.3) is 10.9 Å². The molecule has 5 rings (SSSR count). The maximum Gasteiger partial charge on any atom is 0.251 e. The zero-order valence-electron chi connectivity index (χ0n) is 19.7. The molecule has 1 aromatic carbocycles. The number of aryl methyl sites for hydroxylation is 1. The van der Waals surface area contributed by atoms with E-state index in [9.17, 15) is 4.79 Å². The number of pyridine rings is 1. The summed E-state index contributed by atoms with van der Waals surface area (Å²) in [6.07, 6.45) is 6.60. The molecule has 34 heavy (non-hydrogen) atoms. The van der Waals surface area contributed by atoms with Crippen molar-refractivity contribution in [3.8, 4) is 0 Å². The first-order chi connectivity index (χ1) is 16.6. The molecule has 7 heteroatoms. The SMILES string of the molecule is C=C(/C=C1/OCCO/C1=C/N)CNC1CCN(CC2CCn3c(=O)ccc4cccc2c43)CC1. The first-order valence-electron chi connectivity index (χ1n) is 12.3. The van der Waals surface area contributed by atoms with Crippen LogP contribution < -0.4 is 16.6 Å². The van der Waals surface area contributed by atoms with E-state index in [0.717, 1.165) is 56.5 Å². The summed E-state index contributed by atoms with van der Waals surface area (Å²) in [6.45, 7) is 9.94. The number of nitrogens with zero attached hydrogens (tertiary/aromatic N) is 2. The van der Waals surface area contributed by atoms with Crippen molar-refractivity contribution in [2.45, 2.75) is 37.8 Å². The Labute approximate surface area is 200 Å². The number of aromatic nitrogens is 1. The quantitative estimate of drug-likeness (QED) is 0.687. The molecule has 2 aromatic rings. The zero-order valence-corrected chi connectivity index (χ0v) is 19.7. The van der Waals surface area contributed by atoms with Gasteiger partial charge in [0.05, 0.1) is 5.52 Å². The highest BCUT2D eigenvalue weighted by Crippen LogP contribution is 2.33. The monoisotopic (exact) mass is 462 g/mol. The van der Waals surface area contributed by atoms with E-state index in [4.69, 9.17) is 15.2 Å². The molecule has 2 saturated heterocycles. The van der Waals surface area contributed by atoms with Crippen molar-refractivity contribution in [1.82, 2.24) is 14.8 Å². The number of benzene rings is 1. The Morgan fingerprint density at radius 3 is 2.68 bits per heavy atom.